The highest BCUT2D eigenvalue weighted by atomic mass is 79.9. The van der Waals surface area contributed by atoms with Crippen LogP contribution in [0.25, 0.3) is 0 Å². The number of carbonyl (C=O) groups is 1. The summed E-state index contributed by atoms with van der Waals surface area (Å²) in [5.74, 6) is -1.19. The Labute approximate surface area is 151 Å². The van der Waals surface area contributed by atoms with Gasteiger partial charge in [0, 0.05) is 4.47 Å². The predicted octanol–water partition coefficient (Wildman–Crippen LogP) is 4.49. The Morgan fingerprint density at radius 2 is 1.74 bits per heavy atom. The minimum Gasteiger partial charge on any atom is -0.478 e. The lowest BCUT2D eigenvalue weighted by molar-refractivity contribution is 0.0696. The summed E-state index contributed by atoms with van der Waals surface area (Å²) in [6.45, 7) is 0. The second-order valence-corrected chi connectivity index (χ2v) is 11.6. The highest BCUT2D eigenvalue weighted by molar-refractivity contribution is 9.27. The zero-order chi connectivity index (χ0) is 15.0. The van der Waals surface area contributed by atoms with Gasteiger partial charge in [0.15, 0.2) is 3.07 Å². The van der Waals surface area contributed by atoms with E-state index in [2.05, 4.69) is 84.4 Å². The molecule has 1 rings (SSSR count). The molecule has 0 spiro atoms. The first kappa shape index (κ1) is 17.9. The number of alkyl halides is 2. The van der Waals surface area contributed by atoms with Gasteiger partial charge < -0.3 is 5.11 Å². The van der Waals surface area contributed by atoms with E-state index in [1.54, 1.807) is 0 Å². The third kappa shape index (κ3) is 4.16. The van der Waals surface area contributed by atoms with E-state index in [0.29, 0.717) is 8.95 Å². The number of hydrogen-bond donors (Lipinski definition) is 2. The van der Waals surface area contributed by atoms with E-state index in [4.69, 9.17) is 5.11 Å². The molecule has 19 heavy (non-hydrogen) atoms. The van der Waals surface area contributed by atoms with Gasteiger partial charge in [-0.25, -0.2) is 13.2 Å². The lowest BCUT2D eigenvalue weighted by Crippen LogP contribution is -2.19. The molecule has 0 atom stereocenters. The Kier molecular flexibility index (Phi) is 6.34. The van der Waals surface area contributed by atoms with Gasteiger partial charge in [-0.15, -0.1) is 0 Å². The van der Waals surface area contributed by atoms with Crippen molar-refractivity contribution < 1.29 is 18.3 Å². The van der Waals surface area contributed by atoms with Crippen LogP contribution in [0.4, 0.5) is 5.69 Å². The summed E-state index contributed by atoms with van der Waals surface area (Å²) in [5, 5.41) is 9.05. The van der Waals surface area contributed by atoms with E-state index in [9.17, 15) is 13.2 Å². The molecule has 0 saturated carbocycles. The summed E-state index contributed by atoms with van der Waals surface area (Å²) >= 11 is 15.2. The van der Waals surface area contributed by atoms with Gasteiger partial charge in [0.2, 0.25) is 0 Å². The van der Waals surface area contributed by atoms with Crippen LogP contribution in [0.3, 0.4) is 0 Å². The van der Waals surface area contributed by atoms with Crippen molar-refractivity contribution in [3.63, 3.8) is 0 Å². The largest absolute Gasteiger partial charge is 0.478 e. The van der Waals surface area contributed by atoms with Crippen molar-refractivity contribution in [2.75, 3.05) is 4.72 Å². The molecule has 5 nitrogen and oxygen atoms in total. The quantitative estimate of drug-likeness (QED) is 0.390. The Bertz CT molecular complexity index is 631. The Morgan fingerprint density at radius 1 is 1.21 bits per heavy atom. The predicted molar refractivity (Wildman–Crippen MR) is 90.7 cm³/mol. The van der Waals surface area contributed by atoms with Crippen LogP contribution in [0.15, 0.2) is 19.5 Å². The molecule has 1 aromatic rings. The number of anilines is 1. The lowest BCUT2D eigenvalue weighted by atomic mass is 10.2. The van der Waals surface area contributed by atoms with Crippen LogP contribution in [0, 0.1) is 0 Å². The maximum absolute atomic E-state index is 11.8. The van der Waals surface area contributed by atoms with Crippen molar-refractivity contribution >= 4 is 101 Å². The second-order valence-electron chi connectivity index (χ2n) is 3.12. The molecular weight excluding hydrogens is 606 g/mol. The zero-order valence-electron chi connectivity index (χ0n) is 8.62. The highest BCUT2D eigenvalue weighted by Crippen LogP contribution is 2.40. The topological polar surface area (TPSA) is 83.5 Å². The van der Waals surface area contributed by atoms with Crippen LogP contribution in [0.1, 0.15) is 10.4 Å². The summed E-state index contributed by atoms with van der Waals surface area (Å²) in [4.78, 5) is 11.1. The van der Waals surface area contributed by atoms with E-state index >= 15 is 0 Å². The number of benzene rings is 1. The van der Waals surface area contributed by atoms with Crippen LogP contribution in [0.5, 0.6) is 0 Å². The van der Waals surface area contributed by atoms with Gasteiger partial charge in [0.1, 0.15) is 0 Å². The van der Waals surface area contributed by atoms with Crippen molar-refractivity contribution in [1.82, 2.24) is 0 Å². The highest BCUT2D eigenvalue weighted by Gasteiger charge is 2.25. The number of aromatic carboxylic acids is 1. The van der Waals surface area contributed by atoms with Gasteiger partial charge in [-0.3, -0.25) is 4.72 Å². The fourth-order valence-electron chi connectivity index (χ4n) is 1.04. The van der Waals surface area contributed by atoms with Gasteiger partial charge >= 0.3 is 5.97 Å². The average molecular weight is 610 g/mol. The number of nitrogens with one attached hydrogen (secondary N) is 1. The molecule has 0 aromatic heterocycles. The first-order valence-electron chi connectivity index (χ1n) is 4.28. The van der Waals surface area contributed by atoms with E-state index in [0.717, 1.165) is 0 Å². The number of carboxylic acids is 1. The molecule has 0 fully saturated rings. The maximum atomic E-state index is 11.8. The van der Waals surface area contributed by atoms with Crippen LogP contribution in [-0.2, 0) is 10.0 Å². The SMILES string of the molecule is O=C(O)c1cc(Br)c(Br)c(NS(=O)(=O)C(Br)Br)c1Br. The monoisotopic (exact) mass is 605 g/mol. The fraction of sp³-hybridized carbons (Fsp3) is 0.125. The molecular formula is C8H4Br5NO4S. The van der Waals surface area contributed by atoms with Crippen molar-refractivity contribution in [1.29, 1.82) is 0 Å². The first-order valence-corrected chi connectivity index (χ1v) is 10.0. The lowest BCUT2D eigenvalue weighted by Gasteiger charge is -2.15. The van der Waals surface area contributed by atoms with Crippen molar-refractivity contribution in [3.8, 4) is 0 Å². The molecule has 0 saturated heterocycles. The third-order valence-corrected chi connectivity index (χ3v) is 8.58. The minimum absolute atomic E-state index is 0.0755. The molecule has 0 radical (unpaired) electrons. The van der Waals surface area contributed by atoms with Crippen molar-refractivity contribution in [2.45, 2.75) is 3.07 Å². The fourth-order valence-corrected chi connectivity index (χ4v) is 4.12. The van der Waals surface area contributed by atoms with Gasteiger partial charge in [0.05, 0.1) is 20.2 Å². The number of carboxylic acid groups (broad SMARTS) is 1. The van der Waals surface area contributed by atoms with Crippen LogP contribution >= 0.6 is 79.6 Å². The van der Waals surface area contributed by atoms with E-state index in [1.165, 1.54) is 6.07 Å². The van der Waals surface area contributed by atoms with E-state index in [-0.39, 0.29) is 15.7 Å². The first-order chi connectivity index (χ1) is 8.58. The van der Waals surface area contributed by atoms with E-state index < -0.39 is 19.1 Å². The maximum Gasteiger partial charge on any atom is 0.336 e. The zero-order valence-corrected chi connectivity index (χ0v) is 17.4. The van der Waals surface area contributed by atoms with E-state index in [1.807, 2.05) is 0 Å². The summed E-state index contributed by atoms with van der Waals surface area (Å²) in [5.41, 5.74) is 0.0177. The molecule has 0 unspecified atom stereocenters. The van der Waals surface area contributed by atoms with Crippen molar-refractivity contribution in [3.05, 3.63) is 25.0 Å². The van der Waals surface area contributed by atoms with Crippen LogP contribution in [-0.4, -0.2) is 22.6 Å². The molecule has 0 heterocycles. The summed E-state index contributed by atoms with van der Waals surface area (Å²) in [6.07, 6.45) is 0. The third-order valence-electron chi connectivity index (χ3n) is 1.87. The molecule has 0 aliphatic heterocycles. The summed E-state index contributed by atoms with van der Waals surface area (Å²) in [7, 11) is -3.75. The molecule has 1 aromatic carbocycles. The van der Waals surface area contributed by atoms with Crippen molar-refractivity contribution in [2.24, 2.45) is 0 Å². The summed E-state index contributed by atoms with van der Waals surface area (Å²) in [6, 6.07) is 1.36. The van der Waals surface area contributed by atoms with Gasteiger partial charge in [-0.1, -0.05) is 31.9 Å². The van der Waals surface area contributed by atoms with Gasteiger partial charge in [-0.2, -0.15) is 0 Å². The average Bonchev–Trinajstić information content (AvgIpc) is 2.28. The van der Waals surface area contributed by atoms with Gasteiger partial charge in [0.25, 0.3) is 10.0 Å². The molecule has 0 aliphatic carbocycles. The van der Waals surface area contributed by atoms with Crippen LogP contribution in [0.2, 0.25) is 0 Å². The number of hydrogen-bond acceptors (Lipinski definition) is 3. The Hall–Kier alpha value is 0.840. The number of rotatable bonds is 4. The molecule has 106 valence electrons. The number of sulfonamides is 1. The normalized spacial score (nSPS) is 11.7. The molecule has 2 N–H and O–H groups in total. The molecule has 0 aliphatic rings. The molecule has 0 amide bonds. The minimum atomic E-state index is -3.75. The number of halogens is 5. The second kappa shape index (κ2) is 6.73. The molecule has 11 heteroatoms. The molecule has 0 bridgehead atoms. The van der Waals surface area contributed by atoms with Gasteiger partial charge in [-0.05, 0) is 53.9 Å². The Balaban J connectivity index is 3.48. The smallest absolute Gasteiger partial charge is 0.336 e. The standard InChI is InChI=1S/C8H4Br5NO4S/c9-3-1-2(7(15)16)4(10)6(5(3)11)14-19(17,18)8(12)13/h1,8,14H,(H,15,16). The van der Waals surface area contributed by atoms with Crippen LogP contribution < -0.4 is 4.72 Å². The Morgan fingerprint density at radius 3 is 2.16 bits per heavy atom. The summed E-state index contributed by atoms with van der Waals surface area (Å²) < 4.78 is 25.8.